The summed E-state index contributed by atoms with van der Waals surface area (Å²) in [5.41, 5.74) is 1.81. The number of halogens is 1. The van der Waals surface area contributed by atoms with Crippen LogP contribution in [0.25, 0.3) is 0 Å². The van der Waals surface area contributed by atoms with Crippen molar-refractivity contribution in [2.75, 3.05) is 19.0 Å². The number of nitrogens with one attached hydrogen (secondary N) is 1. The van der Waals surface area contributed by atoms with E-state index >= 15 is 0 Å². The summed E-state index contributed by atoms with van der Waals surface area (Å²) < 4.78 is 14.4. The van der Waals surface area contributed by atoms with Gasteiger partial charge in [0, 0.05) is 67.8 Å². The van der Waals surface area contributed by atoms with Crippen LogP contribution in [-0.4, -0.2) is 46.1 Å². The highest BCUT2D eigenvalue weighted by Crippen LogP contribution is 2.33. The molecule has 3 rings (SSSR count). The lowest BCUT2D eigenvalue weighted by atomic mass is 9.79. The minimum Gasteiger partial charge on any atom is -0.347 e. The number of anilines is 1. The highest BCUT2D eigenvalue weighted by molar-refractivity contribution is 5.27. The third-order valence-electron chi connectivity index (χ3n) is 5.49. The van der Waals surface area contributed by atoms with E-state index < -0.39 is 0 Å². The zero-order chi connectivity index (χ0) is 21.2. The summed E-state index contributed by atoms with van der Waals surface area (Å²) in [6.45, 7) is 10.3. The molecule has 1 aliphatic heterocycles. The van der Waals surface area contributed by atoms with Crippen molar-refractivity contribution in [3.63, 3.8) is 0 Å². The van der Waals surface area contributed by atoms with Crippen LogP contribution in [0.4, 0.5) is 10.3 Å². The summed E-state index contributed by atoms with van der Waals surface area (Å²) in [6, 6.07) is 7.40. The lowest BCUT2D eigenvalue weighted by Crippen LogP contribution is -2.62. The smallest absolute Gasteiger partial charge is 0.224 e. The second-order valence-electron chi connectivity index (χ2n) is 9.74. The van der Waals surface area contributed by atoms with Crippen LogP contribution in [0.1, 0.15) is 51.7 Å². The van der Waals surface area contributed by atoms with Gasteiger partial charge in [0.05, 0.1) is 0 Å². The third kappa shape index (κ3) is 5.73. The highest BCUT2D eigenvalue weighted by atomic mass is 19.1. The molecule has 6 heteroatoms. The van der Waals surface area contributed by atoms with Gasteiger partial charge in [0.1, 0.15) is 5.82 Å². The van der Waals surface area contributed by atoms with E-state index in [9.17, 15) is 4.39 Å². The Balaban J connectivity index is 1.88. The fraction of sp³-hybridized carbons (Fsp3) is 0.565. The zero-order valence-corrected chi connectivity index (χ0v) is 18.5. The second kappa shape index (κ2) is 8.36. The average Bonchev–Trinajstić information content (AvgIpc) is 2.61. The Bertz CT molecular complexity index is 800. The first-order valence-electron chi connectivity index (χ1n) is 10.3. The van der Waals surface area contributed by atoms with Gasteiger partial charge in [-0.2, -0.15) is 0 Å². The van der Waals surface area contributed by atoms with E-state index in [2.05, 4.69) is 47.9 Å². The maximum atomic E-state index is 14.4. The number of piperidine rings is 1. The van der Waals surface area contributed by atoms with Crippen LogP contribution in [0.3, 0.4) is 0 Å². The molecule has 29 heavy (non-hydrogen) atoms. The SMILES string of the molecule is CN(C)c1ncc(CN(Cc2ccccc2F)C2CC(C)(C)NC(C)(C)C2)cn1. The summed E-state index contributed by atoms with van der Waals surface area (Å²) >= 11 is 0. The molecule has 158 valence electrons. The molecule has 1 saturated heterocycles. The molecular weight excluding hydrogens is 365 g/mol. The lowest BCUT2D eigenvalue weighted by molar-refractivity contribution is 0.0556. The Labute approximate surface area is 174 Å². The predicted octanol–water partition coefficient (Wildman–Crippen LogP) is 3.99. The van der Waals surface area contributed by atoms with E-state index in [4.69, 9.17) is 0 Å². The maximum absolute atomic E-state index is 14.4. The fourth-order valence-electron chi connectivity index (χ4n) is 4.58. The van der Waals surface area contributed by atoms with Crippen LogP contribution in [-0.2, 0) is 13.1 Å². The predicted molar refractivity (Wildman–Crippen MR) is 116 cm³/mol. The molecule has 0 bridgehead atoms. The molecule has 1 aromatic heterocycles. The van der Waals surface area contributed by atoms with Crippen LogP contribution in [0.2, 0.25) is 0 Å². The zero-order valence-electron chi connectivity index (χ0n) is 18.5. The van der Waals surface area contributed by atoms with Gasteiger partial charge in [0.15, 0.2) is 0 Å². The van der Waals surface area contributed by atoms with Gasteiger partial charge < -0.3 is 10.2 Å². The molecule has 1 aromatic carbocycles. The van der Waals surface area contributed by atoms with Gasteiger partial charge in [-0.3, -0.25) is 4.90 Å². The van der Waals surface area contributed by atoms with Crippen LogP contribution in [0.15, 0.2) is 36.7 Å². The first kappa shape index (κ1) is 21.7. The molecule has 0 atom stereocenters. The summed E-state index contributed by atoms with van der Waals surface area (Å²) in [4.78, 5) is 13.2. The van der Waals surface area contributed by atoms with Crippen LogP contribution in [0.5, 0.6) is 0 Å². The Kier molecular flexibility index (Phi) is 6.24. The van der Waals surface area contributed by atoms with Crippen molar-refractivity contribution < 1.29 is 4.39 Å². The van der Waals surface area contributed by atoms with Gasteiger partial charge in [-0.1, -0.05) is 18.2 Å². The molecule has 1 fully saturated rings. The van der Waals surface area contributed by atoms with Gasteiger partial charge >= 0.3 is 0 Å². The van der Waals surface area contributed by atoms with E-state index in [1.807, 2.05) is 43.5 Å². The molecule has 0 amide bonds. The maximum Gasteiger partial charge on any atom is 0.224 e. The van der Waals surface area contributed by atoms with E-state index in [1.54, 1.807) is 12.1 Å². The van der Waals surface area contributed by atoms with E-state index in [0.29, 0.717) is 25.1 Å². The van der Waals surface area contributed by atoms with Crippen molar-refractivity contribution in [1.82, 2.24) is 20.2 Å². The molecule has 0 radical (unpaired) electrons. The van der Waals surface area contributed by atoms with E-state index in [1.165, 1.54) is 0 Å². The fourth-order valence-corrected chi connectivity index (χ4v) is 4.58. The first-order valence-corrected chi connectivity index (χ1v) is 10.3. The number of hydrogen-bond acceptors (Lipinski definition) is 5. The Hall–Kier alpha value is -2.05. The van der Waals surface area contributed by atoms with E-state index in [-0.39, 0.29) is 16.9 Å². The minimum absolute atomic E-state index is 0.0190. The highest BCUT2D eigenvalue weighted by Gasteiger charge is 2.40. The summed E-state index contributed by atoms with van der Waals surface area (Å²) in [7, 11) is 3.86. The largest absolute Gasteiger partial charge is 0.347 e. The quantitative estimate of drug-likeness (QED) is 0.796. The molecule has 0 spiro atoms. The molecule has 0 aliphatic carbocycles. The Morgan fingerprint density at radius 1 is 1.00 bits per heavy atom. The van der Waals surface area contributed by atoms with Gasteiger partial charge in [0.2, 0.25) is 5.95 Å². The van der Waals surface area contributed by atoms with Crippen LogP contribution in [0, 0.1) is 5.82 Å². The van der Waals surface area contributed by atoms with Crippen LogP contribution < -0.4 is 10.2 Å². The number of benzene rings is 1. The van der Waals surface area contributed by atoms with Gasteiger partial charge in [0.25, 0.3) is 0 Å². The minimum atomic E-state index is -0.149. The molecular formula is C23H34FN5. The Morgan fingerprint density at radius 2 is 1.59 bits per heavy atom. The summed E-state index contributed by atoms with van der Waals surface area (Å²) in [6.07, 6.45) is 5.77. The number of aromatic nitrogens is 2. The van der Waals surface area contributed by atoms with Crippen LogP contribution >= 0.6 is 0 Å². The van der Waals surface area contributed by atoms with Gasteiger partial charge in [-0.05, 0) is 46.6 Å². The second-order valence-corrected chi connectivity index (χ2v) is 9.74. The van der Waals surface area contributed by atoms with Crippen molar-refractivity contribution in [2.24, 2.45) is 0 Å². The number of hydrogen-bond donors (Lipinski definition) is 1. The molecule has 5 nitrogen and oxygen atoms in total. The number of nitrogens with zero attached hydrogens (tertiary/aromatic N) is 4. The third-order valence-corrected chi connectivity index (χ3v) is 5.49. The first-order chi connectivity index (χ1) is 13.5. The molecule has 2 heterocycles. The van der Waals surface area contributed by atoms with Crippen molar-refractivity contribution >= 4 is 5.95 Å². The summed E-state index contributed by atoms with van der Waals surface area (Å²) in [5, 5.41) is 3.74. The van der Waals surface area contributed by atoms with Gasteiger partial charge in [-0.25, -0.2) is 14.4 Å². The topological polar surface area (TPSA) is 44.3 Å². The lowest BCUT2D eigenvalue weighted by Gasteiger charge is -2.49. The van der Waals surface area contributed by atoms with E-state index in [0.717, 1.165) is 24.0 Å². The van der Waals surface area contributed by atoms with Crippen molar-refractivity contribution in [3.05, 3.63) is 53.6 Å². The standard InChI is InChI=1S/C23H34FN5/c1-22(2)11-19(12-23(3,4)27-22)29(16-18-9-7-8-10-20(18)24)15-17-13-25-21(26-14-17)28(5)6/h7-10,13-14,19,27H,11-12,15-16H2,1-6H3. The molecule has 1 N–H and O–H groups in total. The summed E-state index contributed by atoms with van der Waals surface area (Å²) in [5.74, 6) is 0.544. The van der Waals surface area contributed by atoms with Crippen molar-refractivity contribution in [1.29, 1.82) is 0 Å². The molecule has 0 saturated carbocycles. The average molecular weight is 400 g/mol. The number of rotatable bonds is 6. The normalized spacial score (nSPS) is 18.8. The van der Waals surface area contributed by atoms with Crippen molar-refractivity contribution in [3.8, 4) is 0 Å². The monoisotopic (exact) mass is 399 g/mol. The van der Waals surface area contributed by atoms with Crippen molar-refractivity contribution in [2.45, 2.75) is 70.7 Å². The Morgan fingerprint density at radius 3 is 2.14 bits per heavy atom. The molecule has 0 unspecified atom stereocenters. The molecule has 1 aliphatic rings. The van der Waals surface area contributed by atoms with Gasteiger partial charge in [-0.15, -0.1) is 0 Å². The molecule has 2 aromatic rings.